The summed E-state index contributed by atoms with van der Waals surface area (Å²) in [6, 6.07) is 13.0. The molecule has 0 radical (unpaired) electrons. The molecule has 0 bridgehead atoms. The molecule has 0 aliphatic carbocycles. The van der Waals surface area contributed by atoms with Gasteiger partial charge in [-0.15, -0.1) is 11.3 Å². The number of thiophene rings is 1. The van der Waals surface area contributed by atoms with Crippen LogP contribution in [0.25, 0.3) is 11.0 Å². The first kappa shape index (κ1) is 13.4. The van der Waals surface area contributed by atoms with Gasteiger partial charge in [0.2, 0.25) is 0 Å². The molecule has 1 N–H and O–H groups in total. The maximum Gasteiger partial charge on any atom is 0.134 e. The zero-order chi connectivity index (χ0) is 14.1. The lowest BCUT2D eigenvalue weighted by atomic mass is 10.1. The lowest BCUT2D eigenvalue weighted by Gasteiger charge is -2.11. The van der Waals surface area contributed by atoms with E-state index in [9.17, 15) is 0 Å². The molecule has 20 heavy (non-hydrogen) atoms. The molecule has 1 atom stereocenters. The minimum Gasteiger partial charge on any atom is -0.461 e. The summed E-state index contributed by atoms with van der Waals surface area (Å²) < 4.78 is 5.80. The largest absolute Gasteiger partial charge is 0.461 e. The molecule has 1 aromatic carbocycles. The summed E-state index contributed by atoms with van der Waals surface area (Å²) in [6.45, 7) is 7.23. The van der Waals surface area contributed by atoms with Crippen molar-refractivity contribution in [2.45, 2.75) is 33.4 Å². The maximum atomic E-state index is 5.80. The minimum absolute atomic E-state index is 0.363. The van der Waals surface area contributed by atoms with E-state index in [1.54, 1.807) is 0 Å². The molecule has 3 rings (SSSR count). The van der Waals surface area contributed by atoms with Crippen molar-refractivity contribution in [1.82, 2.24) is 5.32 Å². The Morgan fingerprint density at radius 1 is 1.15 bits per heavy atom. The summed E-state index contributed by atoms with van der Waals surface area (Å²) in [5, 5.41) is 4.81. The lowest BCUT2D eigenvalue weighted by molar-refractivity contribution is 0.547. The van der Waals surface area contributed by atoms with Crippen LogP contribution >= 0.6 is 11.3 Å². The average molecular weight is 285 g/mol. The van der Waals surface area contributed by atoms with Gasteiger partial charge in [-0.05, 0) is 39.0 Å². The van der Waals surface area contributed by atoms with E-state index < -0.39 is 0 Å². The number of rotatable bonds is 4. The van der Waals surface area contributed by atoms with Gasteiger partial charge in [0, 0.05) is 33.3 Å². The van der Waals surface area contributed by atoms with Gasteiger partial charge in [-0.1, -0.05) is 18.2 Å². The molecule has 0 aliphatic heterocycles. The minimum atomic E-state index is 0.363. The fourth-order valence-corrected chi connectivity index (χ4v) is 3.39. The summed E-state index contributed by atoms with van der Waals surface area (Å²) in [5.74, 6) is 1.01. The van der Waals surface area contributed by atoms with Gasteiger partial charge in [-0.25, -0.2) is 0 Å². The van der Waals surface area contributed by atoms with Crippen LogP contribution in [0.2, 0.25) is 0 Å². The summed E-state index contributed by atoms with van der Waals surface area (Å²) >= 11 is 1.85. The molecule has 2 nitrogen and oxygen atoms in total. The summed E-state index contributed by atoms with van der Waals surface area (Å²) in [7, 11) is 0. The van der Waals surface area contributed by atoms with Crippen molar-refractivity contribution in [3.05, 3.63) is 57.5 Å². The van der Waals surface area contributed by atoms with Crippen molar-refractivity contribution in [3.8, 4) is 0 Å². The molecule has 0 aliphatic rings. The number of fused-ring (bicyclic) bond motifs is 1. The molecule has 0 amide bonds. The standard InChI is InChI=1S/C17H19NOS/c1-11-8-9-17(20-11)12(2)18-10-15-13(3)19-16-7-5-4-6-14(15)16/h4-9,12,18H,10H2,1-3H3. The second-order valence-corrected chi connectivity index (χ2v) is 6.50. The normalized spacial score (nSPS) is 12.9. The third-order valence-corrected chi connectivity index (χ3v) is 4.86. The van der Waals surface area contributed by atoms with E-state index in [0.717, 1.165) is 17.9 Å². The van der Waals surface area contributed by atoms with E-state index >= 15 is 0 Å². The van der Waals surface area contributed by atoms with Gasteiger partial charge in [0.05, 0.1) is 0 Å². The molecule has 0 fully saturated rings. The fourth-order valence-electron chi connectivity index (χ4n) is 2.48. The molecular formula is C17H19NOS. The highest BCUT2D eigenvalue weighted by Gasteiger charge is 2.12. The first-order valence-electron chi connectivity index (χ1n) is 6.92. The quantitative estimate of drug-likeness (QED) is 0.732. The maximum absolute atomic E-state index is 5.80. The van der Waals surface area contributed by atoms with E-state index in [-0.39, 0.29) is 0 Å². The highest BCUT2D eigenvalue weighted by atomic mass is 32.1. The second-order valence-electron chi connectivity index (χ2n) is 5.18. The van der Waals surface area contributed by atoms with Gasteiger partial charge in [-0.3, -0.25) is 0 Å². The Balaban J connectivity index is 1.78. The van der Waals surface area contributed by atoms with Crippen molar-refractivity contribution in [2.24, 2.45) is 0 Å². The Morgan fingerprint density at radius 2 is 1.95 bits per heavy atom. The third-order valence-electron chi connectivity index (χ3n) is 3.67. The number of para-hydroxylation sites is 1. The summed E-state index contributed by atoms with van der Waals surface area (Å²) in [5.41, 5.74) is 2.24. The lowest BCUT2D eigenvalue weighted by Crippen LogP contribution is -2.17. The van der Waals surface area contributed by atoms with Gasteiger partial charge in [-0.2, -0.15) is 0 Å². The van der Waals surface area contributed by atoms with Gasteiger partial charge < -0.3 is 9.73 Å². The molecule has 104 valence electrons. The predicted octanol–water partition coefficient (Wildman–Crippen LogP) is 4.96. The van der Waals surface area contributed by atoms with Crippen LogP contribution in [-0.4, -0.2) is 0 Å². The van der Waals surface area contributed by atoms with E-state index in [1.165, 1.54) is 20.7 Å². The average Bonchev–Trinajstić information content (AvgIpc) is 2.99. The Kier molecular flexibility index (Phi) is 3.64. The SMILES string of the molecule is Cc1ccc(C(C)NCc2c(C)oc3ccccc23)s1. The number of hydrogen-bond acceptors (Lipinski definition) is 3. The molecule has 0 saturated heterocycles. The van der Waals surface area contributed by atoms with Crippen LogP contribution in [0.1, 0.15) is 34.0 Å². The molecule has 3 heteroatoms. The number of benzene rings is 1. The van der Waals surface area contributed by atoms with E-state index in [4.69, 9.17) is 4.42 Å². The summed E-state index contributed by atoms with van der Waals surface area (Å²) in [4.78, 5) is 2.74. The van der Waals surface area contributed by atoms with Gasteiger partial charge in [0.1, 0.15) is 11.3 Å². The van der Waals surface area contributed by atoms with Gasteiger partial charge in [0.15, 0.2) is 0 Å². The molecule has 0 spiro atoms. The van der Waals surface area contributed by atoms with Crippen molar-refractivity contribution in [3.63, 3.8) is 0 Å². The third kappa shape index (κ3) is 2.51. The van der Waals surface area contributed by atoms with Crippen molar-refractivity contribution in [1.29, 1.82) is 0 Å². The monoisotopic (exact) mass is 285 g/mol. The van der Waals surface area contributed by atoms with E-state index in [2.05, 4.69) is 43.4 Å². The molecular weight excluding hydrogens is 266 g/mol. The van der Waals surface area contributed by atoms with Crippen LogP contribution < -0.4 is 5.32 Å². The summed E-state index contributed by atoms with van der Waals surface area (Å²) in [6.07, 6.45) is 0. The molecule has 2 heterocycles. The van der Waals surface area contributed by atoms with Crippen LogP contribution in [0.3, 0.4) is 0 Å². The Labute approximate surface area is 123 Å². The van der Waals surface area contributed by atoms with Gasteiger partial charge in [0.25, 0.3) is 0 Å². The molecule has 3 aromatic rings. The van der Waals surface area contributed by atoms with Crippen molar-refractivity contribution >= 4 is 22.3 Å². The van der Waals surface area contributed by atoms with E-state index in [0.29, 0.717) is 6.04 Å². The highest BCUT2D eigenvalue weighted by molar-refractivity contribution is 7.12. The van der Waals surface area contributed by atoms with Crippen LogP contribution in [0.15, 0.2) is 40.8 Å². The zero-order valence-corrected chi connectivity index (χ0v) is 12.9. The number of aryl methyl sites for hydroxylation is 2. The molecule has 1 unspecified atom stereocenters. The Morgan fingerprint density at radius 3 is 2.70 bits per heavy atom. The number of hydrogen-bond donors (Lipinski definition) is 1. The van der Waals surface area contributed by atoms with Crippen LogP contribution in [0.5, 0.6) is 0 Å². The number of furan rings is 1. The van der Waals surface area contributed by atoms with Crippen LogP contribution in [-0.2, 0) is 6.54 Å². The number of nitrogens with one attached hydrogen (secondary N) is 1. The first-order chi connectivity index (χ1) is 9.65. The first-order valence-corrected chi connectivity index (χ1v) is 7.73. The van der Waals surface area contributed by atoms with Crippen LogP contribution in [0, 0.1) is 13.8 Å². The Hall–Kier alpha value is -1.58. The molecule has 0 saturated carbocycles. The topological polar surface area (TPSA) is 25.2 Å². The second kappa shape index (κ2) is 5.43. The van der Waals surface area contributed by atoms with Gasteiger partial charge >= 0.3 is 0 Å². The van der Waals surface area contributed by atoms with Crippen LogP contribution in [0.4, 0.5) is 0 Å². The smallest absolute Gasteiger partial charge is 0.134 e. The molecule has 2 aromatic heterocycles. The van der Waals surface area contributed by atoms with E-state index in [1.807, 2.05) is 30.4 Å². The zero-order valence-electron chi connectivity index (χ0n) is 12.1. The highest BCUT2D eigenvalue weighted by Crippen LogP contribution is 2.27. The van der Waals surface area contributed by atoms with Crippen molar-refractivity contribution in [2.75, 3.05) is 0 Å². The Bertz CT molecular complexity index is 726. The van der Waals surface area contributed by atoms with Crippen molar-refractivity contribution < 1.29 is 4.42 Å². The predicted molar refractivity (Wildman–Crippen MR) is 85.3 cm³/mol. The fraction of sp³-hybridized carbons (Fsp3) is 0.294.